The molecular formula is C13H20N2. The van der Waals surface area contributed by atoms with E-state index in [-0.39, 0.29) is 0 Å². The lowest BCUT2D eigenvalue weighted by Crippen LogP contribution is -2.24. The Hall–Kier alpha value is -1.02. The van der Waals surface area contributed by atoms with E-state index >= 15 is 0 Å². The highest BCUT2D eigenvalue weighted by Crippen LogP contribution is 2.11. The number of nitrogens with one attached hydrogen (secondary N) is 2. The van der Waals surface area contributed by atoms with Crippen molar-refractivity contribution in [1.82, 2.24) is 5.32 Å². The molecule has 0 aliphatic carbocycles. The van der Waals surface area contributed by atoms with E-state index in [0.29, 0.717) is 0 Å². The molecule has 82 valence electrons. The fourth-order valence-corrected chi connectivity index (χ4v) is 2.07. The maximum Gasteiger partial charge on any atom is 0.0340 e. The SMILES string of the molecule is Cc1ccc(NCCC2CCCN2)cc1. The zero-order chi connectivity index (χ0) is 10.5. The molecule has 15 heavy (non-hydrogen) atoms. The van der Waals surface area contributed by atoms with E-state index in [0.717, 1.165) is 12.6 Å². The summed E-state index contributed by atoms with van der Waals surface area (Å²) in [4.78, 5) is 0. The molecule has 0 radical (unpaired) electrons. The molecular weight excluding hydrogens is 184 g/mol. The van der Waals surface area contributed by atoms with E-state index < -0.39 is 0 Å². The predicted octanol–water partition coefficient (Wildman–Crippen LogP) is 2.55. The molecule has 1 aliphatic rings. The molecule has 1 fully saturated rings. The highest BCUT2D eigenvalue weighted by molar-refractivity contribution is 5.44. The highest BCUT2D eigenvalue weighted by atomic mass is 14.9. The second-order valence-electron chi connectivity index (χ2n) is 4.37. The number of aryl methyl sites for hydroxylation is 1. The van der Waals surface area contributed by atoms with Crippen LogP contribution in [0.4, 0.5) is 5.69 Å². The number of anilines is 1. The third-order valence-corrected chi connectivity index (χ3v) is 3.04. The van der Waals surface area contributed by atoms with Crippen molar-refractivity contribution in [2.75, 3.05) is 18.4 Å². The van der Waals surface area contributed by atoms with Gasteiger partial charge in [0, 0.05) is 18.3 Å². The third-order valence-electron chi connectivity index (χ3n) is 3.04. The number of rotatable bonds is 4. The molecule has 1 saturated heterocycles. The molecule has 0 aromatic heterocycles. The second kappa shape index (κ2) is 5.17. The first-order valence-corrected chi connectivity index (χ1v) is 5.88. The molecule has 1 aromatic rings. The first-order chi connectivity index (χ1) is 7.34. The molecule has 0 bridgehead atoms. The summed E-state index contributed by atoms with van der Waals surface area (Å²) in [5.41, 5.74) is 2.55. The van der Waals surface area contributed by atoms with Crippen LogP contribution in [0.3, 0.4) is 0 Å². The van der Waals surface area contributed by atoms with Crippen molar-refractivity contribution >= 4 is 5.69 Å². The van der Waals surface area contributed by atoms with Crippen LogP contribution in [0.15, 0.2) is 24.3 Å². The second-order valence-corrected chi connectivity index (χ2v) is 4.37. The van der Waals surface area contributed by atoms with E-state index in [4.69, 9.17) is 0 Å². The lowest BCUT2D eigenvalue weighted by molar-refractivity contribution is 0.574. The van der Waals surface area contributed by atoms with E-state index in [1.165, 1.54) is 37.1 Å². The summed E-state index contributed by atoms with van der Waals surface area (Å²) >= 11 is 0. The molecule has 1 atom stereocenters. The van der Waals surface area contributed by atoms with Crippen LogP contribution in [0.1, 0.15) is 24.8 Å². The molecule has 2 nitrogen and oxygen atoms in total. The normalized spacial score (nSPS) is 20.5. The molecule has 1 heterocycles. The van der Waals surface area contributed by atoms with Crippen LogP contribution in [0.25, 0.3) is 0 Å². The molecule has 0 amide bonds. The summed E-state index contributed by atoms with van der Waals surface area (Å²) < 4.78 is 0. The monoisotopic (exact) mass is 204 g/mol. The molecule has 1 aliphatic heterocycles. The fourth-order valence-electron chi connectivity index (χ4n) is 2.07. The standard InChI is InChI=1S/C13H20N2/c1-11-4-6-13(7-5-11)15-10-8-12-3-2-9-14-12/h4-7,12,14-15H,2-3,8-10H2,1H3. The van der Waals surface area contributed by atoms with Gasteiger partial charge in [0.1, 0.15) is 0 Å². The Bertz CT molecular complexity index is 286. The Balaban J connectivity index is 1.71. The van der Waals surface area contributed by atoms with Gasteiger partial charge in [0.15, 0.2) is 0 Å². The van der Waals surface area contributed by atoms with E-state index in [2.05, 4.69) is 41.8 Å². The highest BCUT2D eigenvalue weighted by Gasteiger charge is 2.12. The summed E-state index contributed by atoms with van der Waals surface area (Å²) in [6, 6.07) is 9.34. The average Bonchev–Trinajstić information content (AvgIpc) is 2.74. The third kappa shape index (κ3) is 3.24. The van der Waals surface area contributed by atoms with Gasteiger partial charge in [-0.2, -0.15) is 0 Å². The van der Waals surface area contributed by atoms with Crippen LogP contribution in [0.2, 0.25) is 0 Å². The smallest absolute Gasteiger partial charge is 0.0340 e. The lowest BCUT2D eigenvalue weighted by atomic mass is 10.1. The van der Waals surface area contributed by atoms with Crippen LogP contribution in [0, 0.1) is 6.92 Å². The van der Waals surface area contributed by atoms with Crippen LogP contribution in [-0.4, -0.2) is 19.1 Å². The Labute approximate surface area is 92.1 Å². The van der Waals surface area contributed by atoms with Crippen molar-refractivity contribution in [3.63, 3.8) is 0 Å². The van der Waals surface area contributed by atoms with Gasteiger partial charge in [-0.25, -0.2) is 0 Å². The minimum absolute atomic E-state index is 0.739. The minimum Gasteiger partial charge on any atom is -0.385 e. The van der Waals surface area contributed by atoms with Gasteiger partial charge in [0.2, 0.25) is 0 Å². The summed E-state index contributed by atoms with van der Waals surface area (Å²) in [7, 11) is 0. The maximum atomic E-state index is 3.51. The summed E-state index contributed by atoms with van der Waals surface area (Å²) in [5.74, 6) is 0. The summed E-state index contributed by atoms with van der Waals surface area (Å²) in [6.45, 7) is 4.39. The van der Waals surface area contributed by atoms with Gasteiger partial charge in [-0.15, -0.1) is 0 Å². The van der Waals surface area contributed by atoms with Gasteiger partial charge in [0.25, 0.3) is 0 Å². The lowest BCUT2D eigenvalue weighted by Gasteiger charge is -2.11. The van der Waals surface area contributed by atoms with Crippen molar-refractivity contribution < 1.29 is 0 Å². The number of benzene rings is 1. The van der Waals surface area contributed by atoms with Gasteiger partial charge < -0.3 is 10.6 Å². The van der Waals surface area contributed by atoms with E-state index in [9.17, 15) is 0 Å². The van der Waals surface area contributed by atoms with Crippen molar-refractivity contribution in [2.45, 2.75) is 32.2 Å². The minimum atomic E-state index is 0.739. The Morgan fingerprint density at radius 1 is 1.33 bits per heavy atom. The first kappa shape index (κ1) is 10.5. The predicted molar refractivity (Wildman–Crippen MR) is 65.3 cm³/mol. The number of hydrogen-bond donors (Lipinski definition) is 2. The molecule has 0 spiro atoms. The van der Waals surface area contributed by atoms with Gasteiger partial charge in [-0.1, -0.05) is 17.7 Å². The summed E-state index contributed by atoms with van der Waals surface area (Å²) in [6.07, 6.45) is 3.92. The van der Waals surface area contributed by atoms with Crippen molar-refractivity contribution in [3.05, 3.63) is 29.8 Å². The zero-order valence-corrected chi connectivity index (χ0v) is 9.42. The van der Waals surface area contributed by atoms with E-state index in [1.807, 2.05) is 0 Å². The Morgan fingerprint density at radius 2 is 2.13 bits per heavy atom. The summed E-state index contributed by atoms with van der Waals surface area (Å²) in [5, 5.41) is 6.97. The zero-order valence-electron chi connectivity index (χ0n) is 9.42. The van der Waals surface area contributed by atoms with Gasteiger partial charge in [0.05, 0.1) is 0 Å². The quantitative estimate of drug-likeness (QED) is 0.787. The topological polar surface area (TPSA) is 24.1 Å². The average molecular weight is 204 g/mol. The molecule has 2 N–H and O–H groups in total. The van der Waals surface area contributed by atoms with Crippen LogP contribution in [-0.2, 0) is 0 Å². The van der Waals surface area contributed by atoms with Crippen molar-refractivity contribution in [3.8, 4) is 0 Å². The molecule has 0 saturated carbocycles. The molecule has 2 heteroatoms. The van der Waals surface area contributed by atoms with Crippen molar-refractivity contribution in [2.24, 2.45) is 0 Å². The van der Waals surface area contributed by atoms with Gasteiger partial charge in [-0.05, 0) is 44.9 Å². The molecule has 1 unspecified atom stereocenters. The van der Waals surface area contributed by atoms with Gasteiger partial charge >= 0.3 is 0 Å². The molecule has 2 rings (SSSR count). The first-order valence-electron chi connectivity index (χ1n) is 5.88. The fraction of sp³-hybridized carbons (Fsp3) is 0.538. The molecule has 1 aromatic carbocycles. The Kier molecular flexibility index (Phi) is 3.62. The largest absolute Gasteiger partial charge is 0.385 e. The van der Waals surface area contributed by atoms with E-state index in [1.54, 1.807) is 0 Å². The van der Waals surface area contributed by atoms with Crippen LogP contribution < -0.4 is 10.6 Å². The van der Waals surface area contributed by atoms with Crippen LogP contribution in [0.5, 0.6) is 0 Å². The maximum absolute atomic E-state index is 3.51. The number of hydrogen-bond acceptors (Lipinski definition) is 2. The van der Waals surface area contributed by atoms with Crippen LogP contribution >= 0.6 is 0 Å². The van der Waals surface area contributed by atoms with Gasteiger partial charge in [-0.3, -0.25) is 0 Å². The Morgan fingerprint density at radius 3 is 2.80 bits per heavy atom. The van der Waals surface area contributed by atoms with Crippen molar-refractivity contribution in [1.29, 1.82) is 0 Å².